The molecule has 2 atom stereocenters. The molecule has 1 heterocycles. The number of carbonyl (C=O) groups is 1. The van der Waals surface area contributed by atoms with Crippen molar-refractivity contribution in [3.63, 3.8) is 0 Å². The van der Waals surface area contributed by atoms with Crippen molar-refractivity contribution in [3.8, 4) is 0 Å². The molecule has 5 nitrogen and oxygen atoms in total. The molecular formula is C20H25N3O2. The number of carbonyl (C=O) groups excluding carboxylic acids is 1. The number of primary amides is 1. The van der Waals surface area contributed by atoms with E-state index < -0.39 is 6.03 Å². The largest absolute Gasteiger partial charge is 0.374 e. The monoisotopic (exact) mass is 339 g/mol. The number of ether oxygens (including phenoxy) is 1. The fourth-order valence-corrected chi connectivity index (χ4v) is 3.58. The lowest BCUT2D eigenvalue weighted by atomic mass is 9.70. The van der Waals surface area contributed by atoms with Gasteiger partial charge in [0.25, 0.3) is 0 Å². The van der Waals surface area contributed by atoms with E-state index in [0.29, 0.717) is 6.61 Å². The molecular weight excluding hydrogens is 314 g/mol. The maximum absolute atomic E-state index is 11.5. The molecule has 25 heavy (non-hydrogen) atoms. The number of benzene rings is 1. The summed E-state index contributed by atoms with van der Waals surface area (Å²) in [7, 11) is 0. The molecule has 1 aliphatic carbocycles. The van der Waals surface area contributed by atoms with E-state index in [0.717, 1.165) is 24.1 Å². The first-order valence-corrected chi connectivity index (χ1v) is 8.66. The third kappa shape index (κ3) is 3.37. The van der Waals surface area contributed by atoms with Gasteiger partial charge in [-0.25, -0.2) is 4.79 Å². The first kappa shape index (κ1) is 17.4. The Morgan fingerprint density at radius 1 is 1.40 bits per heavy atom. The third-order valence-corrected chi connectivity index (χ3v) is 5.16. The average molecular weight is 339 g/mol. The number of hydrogen-bond donors (Lipinski definition) is 1. The van der Waals surface area contributed by atoms with Crippen molar-refractivity contribution in [2.24, 2.45) is 11.1 Å². The Kier molecular flexibility index (Phi) is 4.77. The smallest absolute Gasteiger partial charge is 0.340 e. The maximum atomic E-state index is 11.5. The minimum atomic E-state index is -0.551. The zero-order chi connectivity index (χ0) is 18.0. The predicted molar refractivity (Wildman–Crippen MR) is 98.1 cm³/mol. The van der Waals surface area contributed by atoms with Crippen molar-refractivity contribution in [2.75, 3.05) is 6.61 Å². The number of rotatable bonds is 5. The lowest BCUT2D eigenvalue weighted by Crippen LogP contribution is -2.29. The highest BCUT2D eigenvalue weighted by atomic mass is 16.5. The van der Waals surface area contributed by atoms with Gasteiger partial charge in [-0.3, -0.25) is 0 Å². The van der Waals surface area contributed by atoms with Crippen LogP contribution in [0.5, 0.6) is 0 Å². The zero-order valence-corrected chi connectivity index (χ0v) is 15.0. The lowest BCUT2D eigenvalue weighted by Gasteiger charge is -2.37. The van der Waals surface area contributed by atoms with Crippen LogP contribution >= 0.6 is 0 Å². The van der Waals surface area contributed by atoms with Crippen molar-refractivity contribution in [1.29, 1.82) is 0 Å². The molecule has 1 aliphatic rings. The number of fused-ring (bicyclic) bond motifs is 1. The highest BCUT2D eigenvalue weighted by Gasteiger charge is 2.36. The van der Waals surface area contributed by atoms with E-state index in [2.05, 4.69) is 31.1 Å². The topological polar surface area (TPSA) is 70.1 Å². The first-order valence-electron chi connectivity index (χ1n) is 8.66. The summed E-state index contributed by atoms with van der Waals surface area (Å²) in [5.74, 6) is 0. The molecule has 2 N–H and O–H groups in total. The van der Waals surface area contributed by atoms with Crippen LogP contribution in [0.4, 0.5) is 4.79 Å². The summed E-state index contributed by atoms with van der Waals surface area (Å²) < 4.78 is 7.33. The molecule has 2 aromatic rings. The molecule has 1 aromatic heterocycles. The summed E-state index contributed by atoms with van der Waals surface area (Å²) in [5.41, 5.74) is 9.60. The van der Waals surface area contributed by atoms with Gasteiger partial charge in [0.05, 0.1) is 18.0 Å². The van der Waals surface area contributed by atoms with Crippen molar-refractivity contribution in [1.82, 2.24) is 9.78 Å². The zero-order valence-electron chi connectivity index (χ0n) is 15.0. The number of allylic oxidation sites excluding steroid dienone is 1. The van der Waals surface area contributed by atoms with Crippen molar-refractivity contribution in [2.45, 2.75) is 39.7 Å². The van der Waals surface area contributed by atoms with Crippen LogP contribution in [0.3, 0.4) is 0 Å². The van der Waals surface area contributed by atoms with Gasteiger partial charge in [-0.05, 0) is 49.3 Å². The molecule has 2 unspecified atom stereocenters. The minimum Gasteiger partial charge on any atom is -0.374 e. The maximum Gasteiger partial charge on any atom is 0.340 e. The third-order valence-electron chi connectivity index (χ3n) is 5.16. The molecule has 0 fully saturated rings. The quantitative estimate of drug-likeness (QED) is 0.897. The summed E-state index contributed by atoms with van der Waals surface area (Å²) in [6.45, 7) is 7.05. The molecule has 0 radical (unpaired) electrons. The van der Waals surface area contributed by atoms with Gasteiger partial charge >= 0.3 is 6.03 Å². The summed E-state index contributed by atoms with van der Waals surface area (Å²) >= 11 is 0. The highest BCUT2D eigenvalue weighted by molar-refractivity contribution is 5.78. The molecule has 0 aliphatic heterocycles. The van der Waals surface area contributed by atoms with E-state index in [9.17, 15) is 4.79 Å². The van der Waals surface area contributed by atoms with E-state index in [1.54, 1.807) is 6.20 Å². The Hall–Kier alpha value is -2.40. The van der Waals surface area contributed by atoms with Gasteiger partial charge < -0.3 is 10.5 Å². The number of amides is 1. The molecule has 0 spiro atoms. The second-order valence-electron chi connectivity index (χ2n) is 6.93. The number of aromatic nitrogens is 2. The van der Waals surface area contributed by atoms with E-state index >= 15 is 0 Å². The molecule has 132 valence electrons. The fourth-order valence-electron chi connectivity index (χ4n) is 3.58. The molecule has 1 amide bonds. The molecule has 5 heteroatoms. The van der Waals surface area contributed by atoms with Gasteiger partial charge in [-0.15, -0.1) is 0 Å². The summed E-state index contributed by atoms with van der Waals surface area (Å²) in [6, 6.07) is 9.78. The normalized spacial score (nSPS) is 20.7. The van der Waals surface area contributed by atoms with Crippen LogP contribution in [0.1, 0.15) is 50.1 Å². The number of hydrogen-bond acceptors (Lipinski definition) is 3. The standard InChI is InChI=1S/C20H25N3O2/c1-4-25-18(15-8-6-5-7-9-15)12-20(3)11-16-13-22-23(19(21)24)17(16)10-14(20)2/h5-10,13,18H,4,11-12H2,1-3H3,(H2,21,24). The van der Waals surface area contributed by atoms with E-state index in [-0.39, 0.29) is 11.5 Å². The van der Waals surface area contributed by atoms with Crippen molar-refractivity contribution in [3.05, 3.63) is 58.9 Å². The number of nitrogens with two attached hydrogens (primary N) is 1. The van der Waals surface area contributed by atoms with E-state index in [4.69, 9.17) is 10.5 Å². The number of nitrogens with zero attached hydrogens (tertiary/aromatic N) is 2. The Balaban J connectivity index is 1.90. The highest BCUT2D eigenvalue weighted by Crippen LogP contribution is 2.45. The van der Waals surface area contributed by atoms with Gasteiger partial charge in [0.1, 0.15) is 0 Å². The summed E-state index contributed by atoms with van der Waals surface area (Å²) in [5, 5.41) is 4.14. The van der Waals surface area contributed by atoms with E-state index in [1.165, 1.54) is 15.8 Å². The van der Waals surface area contributed by atoms with Gasteiger partial charge in [0, 0.05) is 6.61 Å². The Bertz CT molecular complexity index is 795. The van der Waals surface area contributed by atoms with Gasteiger partial charge in [-0.2, -0.15) is 9.78 Å². The molecule has 0 bridgehead atoms. The van der Waals surface area contributed by atoms with Crippen LogP contribution < -0.4 is 5.73 Å². The first-order chi connectivity index (χ1) is 11.9. The van der Waals surface area contributed by atoms with Crippen LogP contribution in [0.25, 0.3) is 6.08 Å². The van der Waals surface area contributed by atoms with Crippen LogP contribution in [0.15, 0.2) is 42.1 Å². The Morgan fingerprint density at radius 2 is 2.12 bits per heavy atom. The molecule has 0 saturated carbocycles. The van der Waals surface area contributed by atoms with Crippen molar-refractivity contribution >= 4 is 12.1 Å². The Labute approximate surface area is 148 Å². The minimum absolute atomic E-state index is 0.0345. The van der Waals surface area contributed by atoms with Gasteiger partial charge in [0.15, 0.2) is 0 Å². The van der Waals surface area contributed by atoms with Gasteiger partial charge in [-0.1, -0.05) is 42.8 Å². The fraction of sp³-hybridized carbons (Fsp3) is 0.400. The lowest BCUT2D eigenvalue weighted by molar-refractivity contribution is 0.0324. The van der Waals surface area contributed by atoms with E-state index in [1.807, 2.05) is 31.2 Å². The van der Waals surface area contributed by atoms with Crippen LogP contribution in [-0.4, -0.2) is 22.4 Å². The molecule has 1 aromatic carbocycles. The molecule has 0 saturated heterocycles. The second-order valence-corrected chi connectivity index (χ2v) is 6.93. The Morgan fingerprint density at radius 3 is 2.76 bits per heavy atom. The molecule has 3 rings (SSSR count). The summed E-state index contributed by atoms with van der Waals surface area (Å²) in [6.07, 6.45) is 5.50. The van der Waals surface area contributed by atoms with Crippen LogP contribution in [0.2, 0.25) is 0 Å². The average Bonchev–Trinajstić information content (AvgIpc) is 2.98. The predicted octanol–water partition coefficient (Wildman–Crippen LogP) is 3.94. The van der Waals surface area contributed by atoms with Crippen molar-refractivity contribution < 1.29 is 9.53 Å². The second kappa shape index (κ2) is 6.84. The van der Waals surface area contributed by atoms with Gasteiger partial charge in [0.2, 0.25) is 0 Å². The summed E-state index contributed by atoms with van der Waals surface area (Å²) in [4.78, 5) is 11.5. The SMILES string of the molecule is CCOC(CC1(C)Cc2cnn(C(N)=O)c2C=C1C)c1ccccc1. The van der Waals surface area contributed by atoms with Crippen LogP contribution in [0, 0.1) is 5.41 Å². The van der Waals surface area contributed by atoms with Crippen LogP contribution in [-0.2, 0) is 11.2 Å².